The van der Waals surface area contributed by atoms with Crippen LogP contribution in [0.25, 0.3) is 77.5 Å². The smallest absolute Gasteiger partial charge is 0.135 e. The topological polar surface area (TPSA) is 16.4 Å². The van der Waals surface area contributed by atoms with Crippen molar-refractivity contribution in [3.63, 3.8) is 0 Å². The Morgan fingerprint density at radius 3 is 1.97 bits per heavy atom. The Bertz CT molecular complexity index is 3640. The van der Waals surface area contributed by atoms with Gasteiger partial charge >= 0.3 is 0 Å². The largest absolute Gasteiger partial charge is 0.456 e. The molecule has 0 atom stereocenters. The Labute approximate surface area is 381 Å². The summed E-state index contributed by atoms with van der Waals surface area (Å²) in [6.45, 7) is 11.5. The highest BCUT2D eigenvalue weighted by Gasteiger charge is 2.36. The van der Waals surface area contributed by atoms with Crippen LogP contribution in [-0.2, 0) is 10.8 Å². The third-order valence-corrected chi connectivity index (χ3v) is 14.1. The lowest BCUT2D eigenvalue weighted by molar-refractivity contribution is 0.571. The van der Waals surface area contributed by atoms with Crippen LogP contribution in [0.5, 0.6) is 0 Å². The highest BCUT2D eigenvalue weighted by Crippen LogP contribution is 2.52. The molecular formula is C63H49NO. The van der Waals surface area contributed by atoms with Gasteiger partial charge in [-0.25, -0.2) is 0 Å². The van der Waals surface area contributed by atoms with E-state index in [0.29, 0.717) is 0 Å². The summed E-state index contributed by atoms with van der Waals surface area (Å²) < 4.78 is 6.56. The minimum absolute atomic E-state index is 0.121. The number of hydrogen-bond acceptors (Lipinski definition) is 2. The van der Waals surface area contributed by atoms with E-state index in [1.54, 1.807) is 0 Å². The molecule has 2 nitrogen and oxygen atoms in total. The molecule has 12 rings (SSSR count). The molecule has 0 spiro atoms. The zero-order valence-corrected chi connectivity index (χ0v) is 37.6. The van der Waals surface area contributed by atoms with E-state index in [-0.39, 0.29) is 10.8 Å². The number of hydrogen-bond donors (Lipinski definition) is 0. The highest BCUT2D eigenvalue weighted by atomic mass is 16.3. The van der Waals surface area contributed by atoms with Crippen LogP contribution in [0.1, 0.15) is 69.7 Å². The number of nitrogens with zero attached hydrogens (tertiary/aromatic N) is 1. The minimum atomic E-state index is -0.146. The zero-order valence-electron chi connectivity index (χ0n) is 37.6. The summed E-state index contributed by atoms with van der Waals surface area (Å²) in [5.41, 5.74) is 18.6. The number of para-hydroxylation sites is 1. The maximum Gasteiger partial charge on any atom is 0.135 e. The van der Waals surface area contributed by atoms with Crippen molar-refractivity contribution in [1.82, 2.24) is 0 Å². The predicted molar refractivity (Wildman–Crippen MR) is 273 cm³/mol. The maximum absolute atomic E-state index is 6.56. The fourth-order valence-corrected chi connectivity index (χ4v) is 10.7. The summed E-state index contributed by atoms with van der Waals surface area (Å²) in [6, 6.07) is 72.2. The summed E-state index contributed by atoms with van der Waals surface area (Å²) in [6.07, 6.45) is 4.07. The molecule has 10 aromatic rings. The second-order valence-corrected chi connectivity index (χ2v) is 19.5. The molecule has 2 heteroatoms. The molecule has 0 radical (unpaired) electrons. The third-order valence-electron chi connectivity index (χ3n) is 14.1. The van der Waals surface area contributed by atoms with Crippen LogP contribution in [0.3, 0.4) is 0 Å². The SMILES string of the molecule is CC(C)(C)c1ccc(-c2ccc(-c3c#cc(N(c4ccc5c(c4)-c4cc6ccccc6cc4C5(C)C)c4ccc5ccccc5c4C4=c5c(oc6ccccc56)=CCC4)cc3)cc2)cc1. The Morgan fingerprint density at radius 2 is 1.23 bits per heavy atom. The molecule has 0 unspecified atom stereocenters. The van der Waals surface area contributed by atoms with E-state index in [9.17, 15) is 0 Å². The van der Waals surface area contributed by atoms with Gasteiger partial charge in [-0.2, -0.15) is 0 Å². The van der Waals surface area contributed by atoms with Crippen molar-refractivity contribution in [1.29, 1.82) is 0 Å². The van der Waals surface area contributed by atoms with Gasteiger partial charge in [0, 0.05) is 32.8 Å². The van der Waals surface area contributed by atoms with Gasteiger partial charge in [-0.15, -0.1) is 0 Å². The molecule has 312 valence electrons. The lowest BCUT2D eigenvalue weighted by atomic mass is 9.82. The van der Waals surface area contributed by atoms with E-state index in [1.807, 2.05) is 0 Å². The van der Waals surface area contributed by atoms with Crippen molar-refractivity contribution < 1.29 is 4.42 Å². The first-order valence-electron chi connectivity index (χ1n) is 23.0. The van der Waals surface area contributed by atoms with Crippen molar-refractivity contribution in [3.05, 3.63) is 221 Å². The van der Waals surface area contributed by atoms with Crippen LogP contribution in [0.4, 0.5) is 17.1 Å². The zero-order chi connectivity index (χ0) is 44.0. The number of furan rings is 1. The minimum Gasteiger partial charge on any atom is -0.456 e. The molecule has 0 saturated heterocycles. The van der Waals surface area contributed by atoms with Crippen molar-refractivity contribution in [2.75, 3.05) is 4.90 Å². The number of fused-ring (bicyclic) bond motifs is 8. The van der Waals surface area contributed by atoms with Gasteiger partial charge in [-0.3, -0.25) is 0 Å². The van der Waals surface area contributed by atoms with Gasteiger partial charge in [0.15, 0.2) is 0 Å². The summed E-state index contributed by atoms with van der Waals surface area (Å²) in [4.78, 5) is 2.42. The van der Waals surface area contributed by atoms with Gasteiger partial charge in [0.25, 0.3) is 0 Å². The molecule has 0 N–H and O–H groups in total. The van der Waals surface area contributed by atoms with E-state index in [0.717, 1.165) is 57.4 Å². The van der Waals surface area contributed by atoms with Gasteiger partial charge in [0.2, 0.25) is 0 Å². The predicted octanol–water partition coefficient (Wildman–Crippen LogP) is 15.5. The van der Waals surface area contributed by atoms with Crippen LogP contribution in [0.2, 0.25) is 0 Å². The van der Waals surface area contributed by atoms with Crippen LogP contribution < -0.4 is 15.5 Å². The van der Waals surface area contributed by atoms with E-state index in [4.69, 9.17) is 4.42 Å². The molecule has 65 heavy (non-hydrogen) atoms. The molecule has 9 aromatic carbocycles. The molecule has 0 amide bonds. The molecule has 1 aromatic heterocycles. The molecule has 0 aliphatic heterocycles. The van der Waals surface area contributed by atoms with Gasteiger partial charge < -0.3 is 9.32 Å². The van der Waals surface area contributed by atoms with E-state index in [1.165, 1.54) is 76.8 Å². The summed E-state index contributed by atoms with van der Waals surface area (Å²) in [5.74, 6) is 0. The Morgan fingerprint density at radius 1 is 0.569 bits per heavy atom. The Hall–Kier alpha value is -7.60. The highest BCUT2D eigenvalue weighted by molar-refractivity contribution is 6.04. The average Bonchev–Trinajstić information content (AvgIpc) is 3.82. The van der Waals surface area contributed by atoms with E-state index >= 15 is 0 Å². The van der Waals surface area contributed by atoms with Crippen LogP contribution >= 0.6 is 0 Å². The van der Waals surface area contributed by atoms with E-state index in [2.05, 4.69) is 234 Å². The van der Waals surface area contributed by atoms with Crippen molar-refractivity contribution in [3.8, 4) is 33.4 Å². The lowest BCUT2D eigenvalue weighted by Crippen LogP contribution is -2.27. The number of anilines is 3. The summed E-state index contributed by atoms with van der Waals surface area (Å²) >= 11 is 0. The summed E-state index contributed by atoms with van der Waals surface area (Å²) in [7, 11) is 0. The van der Waals surface area contributed by atoms with Crippen LogP contribution in [0, 0.1) is 12.1 Å². The lowest BCUT2D eigenvalue weighted by Gasteiger charge is -2.29. The normalized spacial score (nSPS) is 13.9. The first-order chi connectivity index (χ1) is 31.6. The molecule has 0 saturated carbocycles. The molecule has 2 aliphatic carbocycles. The molecule has 0 fully saturated rings. The molecule has 0 bridgehead atoms. The summed E-state index contributed by atoms with van der Waals surface area (Å²) in [5, 5.41) is 7.31. The third kappa shape index (κ3) is 6.41. The standard InChI is InChI=1S/C63H49NO/c1-62(2,3)47-30-25-42(26-31-47)40-21-23-41(24-22-40)43-27-32-48(33-28-43)64(49-34-35-55-54(39-49)53-37-45-14-6-7-15-46(45)38-56(53)63(55,4)5)57-36-29-44-13-8-9-16-50(44)60(57)52-18-12-20-59-61(52)51-17-10-11-19-58(51)65-59/h6-11,13-17,19-27,29-32,34-39H,12,18H2,1-5H3. The average molecular weight is 836 g/mol. The number of rotatable bonds is 6. The maximum atomic E-state index is 6.56. The van der Waals surface area contributed by atoms with Crippen molar-refractivity contribution in [2.45, 2.75) is 58.3 Å². The van der Waals surface area contributed by atoms with Crippen LogP contribution in [0.15, 0.2) is 180 Å². The van der Waals surface area contributed by atoms with Crippen molar-refractivity contribution >= 4 is 61.2 Å². The van der Waals surface area contributed by atoms with Gasteiger partial charge in [0.1, 0.15) is 11.0 Å². The second-order valence-electron chi connectivity index (χ2n) is 19.5. The Balaban J connectivity index is 1.04. The Kier molecular flexibility index (Phi) is 8.84. The fourth-order valence-electron chi connectivity index (χ4n) is 10.7. The van der Waals surface area contributed by atoms with Gasteiger partial charge in [-0.1, -0.05) is 168 Å². The van der Waals surface area contributed by atoms with Gasteiger partial charge in [0.05, 0.1) is 11.4 Å². The quantitative estimate of drug-likeness (QED) is 0.166. The molecule has 2 aliphatic rings. The van der Waals surface area contributed by atoms with Gasteiger partial charge in [-0.05, 0) is 151 Å². The molecular weight excluding hydrogens is 787 g/mol. The first-order valence-corrected chi connectivity index (χ1v) is 23.0. The molecule has 1 heterocycles. The first kappa shape index (κ1) is 39.0. The van der Waals surface area contributed by atoms with E-state index < -0.39 is 0 Å². The second kappa shape index (κ2) is 14.7. The monoisotopic (exact) mass is 835 g/mol. The fraction of sp³-hybridized carbons (Fsp3) is 0.143. The van der Waals surface area contributed by atoms with Crippen LogP contribution in [-0.4, -0.2) is 0 Å². The number of benzene rings is 8. The van der Waals surface area contributed by atoms with Crippen molar-refractivity contribution in [2.24, 2.45) is 0 Å².